The predicted octanol–water partition coefficient (Wildman–Crippen LogP) is 13.9. The number of rotatable bonds is 30. The average Bonchev–Trinajstić information content (AvgIpc) is 1.76. The van der Waals surface area contributed by atoms with E-state index in [9.17, 15) is 30.5 Å². The first kappa shape index (κ1) is 66.6. The van der Waals surface area contributed by atoms with Crippen LogP contribution < -0.4 is 29.9 Å². The van der Waals surface area contributed by atoms with Crippen molar-refractivity contribution in [2.45, 2.75) is 154 Å². The molecule has 0 bridgehead atoms. The first-order chi connectivity index (χ1) is 41.5. The maximum atomic E-state index is 14.4. The molecule has 0 saturated carbocycles. The monoisotopic (exact) mass is 1300 g/mol. The molecule has 22 nitrogen and oxygen atoms in total. The summed E-state index contributed by atoms with van der Waals surface area (Å²) in [5.41, 5.74) is 9.11. The number of aryl methyl sites for hydroxylation is 6. The first-order valence-electron chi connectivity index (χ1n) is 28.7. The van der Waals surface area contributed by atoms with Crippen molar-refractivity contribution in [1.82, 2.24) is 44.4 Å². The van der Waals surface area contributed by atoms with Gasteiger partial charge in [-0.2, -0.15) is 20.5 Å². The number of hydroxylamine groups is 1. The zero-order valence-corrected chi connectivity index (χ0v) is 55.8. The maximum absolute atomic E-state index is 14.4. The minimum Gasteiger partial charge on any atom is -0.338 e. The molecule has 0 aliphatic rings. The lowest BCUT2D eigenvalue weighted by molar-refractivity contribution is -0.244. The van der Waals surface area contributed by atoms with Crippen LogP contribution in [0.15, 0.2) is 84.4 Å². The van der Waals surface area contributed by atoms with Gasteiger partial charge in [-0.1, -0.05) is 88.2 Å². The number of thiazole rings is 2. The molecule has 0 spiro atoms. The van der Waals surface area contributed by atoms with Crippen molar-refractivity contribution in [1.29, 1.82) is 5.26 Å². The number of pyridine rings is 1. The molecule has 0 amide bonds. The lowest BCUT2D eigenvalue weighted by Crippen LogP contribution is -2.27. The Kier molecular flexibility index (Phi) is 22.1. The molecule has 0 radical (unpaired) electrons. The zero-order chi connectivity index (χ0) is 63.0. The molecule has 0 saturated heterocycles. The summed E-state index contributed by atoms with van der Waals surface area (Å²) in [6.07, 6.45) is 6.20. The highest BCUT2D eigenvalue weighted by Gasteiger charge is 2.31. The molecule has 87 heavy (non-hydrogen) atoms. The third-order valence-corrected chi connectivity index (χ3v) is 21.8. The second-order valence-electron chi connectivity index (χ2n) is 21.1. The molecule has 4 heterocycles. The van der Waals surface area contributed by atoms with Crippen LogP contribution in [0.25, 0.3) is 25.6 Å². The van der Waals surface area contributed by atoms with Gasteiger partial charge < -0.3 is 5.32 Å². The summed E-state index contributed by atoms with van der Waals surface area (Å²) in [5.74, 6) is 0.400. The van der Waals surface area contributed by atoms with Gasteiger partial charge in [0.1, 0.15) is 23.1 Å². The van der Waals surface area contributed by atoms with Crippen molar-refractivity contribution < 1.29 is 34.6 Å². The van der Waals surface area contributed by atoms with E-state index in [0.29, 0.717) is 108 Å². The molecule has 8 aromatic rings. The highest BCUT2D eigenvalue weighted by Crippen LogP contribution is 2.47. The van der Waals surface area contributed by atoms with Crippen molar-refractivity contribution in [3.63, 3.8) is 0 Å². The van der Waals surface area contributed by atoms with Crippen LogP contribution in [-0.4, -0.2) is 76.2 Å². The third-order valence-electron chi connectivity index (χ3n) is 14.3. The second-order valence-corrected chi connectivity index (χ2v) is 29.1. The van der Waals surface area contributed by atoms with Crippen molar-refractivity contribution in [3.05, 3.63) is 105 Å². The fourth-order valence-corrected chi connectivity index (χ4v) is 16.8. The number of nitriles is 1. The predicted molar refractivity (Wildman–Crippen MR) is 347 cm³/mol. The Bertz CT molecular complexity index is 4270. The molecule has 4 aromatic heterocycles. The van der Waals surface area contributed by atoms with Crippen molar-refractivity contribution in [2.75, 3.05) is 36.4 Å². The molecule has 464 valence electrons. The number of azo groups is 1. The lowest BCUT2D eigenvalue weighted by atomic mass is 10.0. The van der Waals surface area contributed by atoms with Gasteiger partial charge in [0.2, 0.25) is 35.2 Å². The summed E-state index contributed by atoms with van der Waals surface area (Å²) in [6.45, 7) is 23.5. The minimum atomic E-state index is -4.09. The summed E-state index contributed by atoms with van der Waals surface area (Å²) < 4.78 is 101. The average molecular weight is 1300 g/mol. The van der Waals surface area contributed by atoms with Crippen LogP contribution in [0.4, 0.5) is 39.6 Å². The van der Waals surface area contributed by atoms with E-state index in [1.807, 2.05) is 52.8 Å². The highest BCUT2D eigenvalue weighted by atomic mass is 32.2. The Labute approximate surface area is 522 Å². The summed E-state index contributed by atoms with van der Waals surface area (Å²) >= 11 is 3.53. The number of fused-ring (bicyclic) bond motifs is 2. The van der Waals surface area contributed by atoms with Crippen molar-refractivity contribution in [2.24, 2.45) is 10.2 Å². The number of benzene rings is 4. The SMILES string of the molecule is CCCCNOOSc1ccc2nc(-n3nc(C)c(C#N)c3N=Nc3c(C)cc(N(c4nc5ccc(S(=O)(=O)NCCCC)cc5s4)c4c(C)cc(C)c(S(=O)(=O)NCCCC)c4C)nc3Nc3c(C)cc(C)c(S(=O)(=O)NCCCC)c3C)sc2c1. The van der Waals surface area contributed by atoms with Gasteiger partial charge in [-0.05, 0) is 162 Å². The molecule has 8 rings (SSSR count). The van der Waals surface area contributed by atoms with E-state index < -0.39 is 30.1 Å². The maximum Gasteiger partial charge on any atom is 0.241 e. The van der Waals surface area contributed by atoms with Crippen LogP contribution in [0.1, 0.15) is 129 Å². The van der Waals surface area contributed by atoms with E-state index in [1.165, 1.54) is 33.4 Å². The third kappa shape index (κ3) is 15.1. The molecule has 4 aromatic carbocycles. The number of unbranched alkanes of at least 4 members (excludes halogenated alkanes) is 4. The number of nitrogens with zero attached hydrogens (tertiary/aromatic N) is 9. The van der Waals surface area contributed by atoms with Gasteiger partial charge in [0.05, 0.1) is 58.5 Å². The lowest BCUT2D eigenvalue weighted by Gasteiger charge is -2.28. The Morgan fingerprint density at radius 2 is 1.23 bits per heavy atom. The Morgan fingerprint density at radius 1 is 0.644 bits per heavy atom. The highest BCUT2D eigenvalue weighted by molar-refractivity contribution is 7.94. The smallest absolute Gasteiger partial charge is 0.241 e. The molecule has 0 aliphatic heterocycles. The molecule has 0 unspecified atom stereocenters. The van der Waals surface area contributed by atoms with Gasteiger partial charge >= 0.3 is 0 Å². The van der Waals surface area contributed by atoms with E-state index in [1.54, 1.807) is 76.8 Å². The normalized spacial score (nSPS) is 12.3. The van der Waals surface area contributed by atoms with Gasteiger partial charge in [-0.25, -0.2) is 54.4 Å². The van der Waals surface area contributed by atoms with Crippen molar-refractivity contribution in [3.8, 4) is 11.2 Å². The van der Waals surface area contributed by atoms with Gasteiger partial charge in [0.15, 0.2) is 16.8 Å². The molecular weight excluding hydrogens is 1230 g/mol. The van der Waals surface area contributed by atoms with E-state index in [4.69, 9.17) is 39.6 Å². The van der Waals surface area contributed by atoms with Crippen LogP contribution in [0.2, 0.25) is 0 Å². The molecular formula is C59H74N14O8S6. The summed E-state index contributed by atoms with van der Waals surface area (Å²) in [4.78, 5) is 23.2. The van der Waals surface area contributed by atoms with Gasteiger partial charge in [-0.3, -0.25) is 4.90 Å². The van der Waals surface area contributed by atoms with Crippen molar-refractivity contribution >= 4 is 125 Å². The van der Waals surface area contributed by atoms with Crippen LogP contribution in [0.3, 0.4) is 0 Å². The Balaban J connectivity index is 1.35. The van der Waals surface area contributed by atoms with E-state index in [2.05, 4.69) is 38.0 Å². The number of aromatic nitrogens is 5. The fourth-order valence-electron chi connectivity index (χ4n) is 10.0. The number of nitrogens with one attached hydrogen (secondary N) is 5. The summed E-state index contributed by atoms with van der Waals surface area (Å²) in [7, 11) is -12.0. The molecule has 28 heteroatoms. The quantitative estimate of drug-likeness (QED) is 0.00919. The Morgan fingerprint density at radius 3 is 1.87 bits per heavy atom. The zero-order valence-electron chi connectivity index (χ0n) is 50.9. The largest absolute Gasteiger partial charge is 0.338 e. The standard InChI is InChI=1S/C59H74N14O8S6/c1-13-17-25-61-80-81-84-43-21-23-46-48(32-43)83-59(66-46)73-57(45(34-60)42(12)71-73)70-69-52-36(6)31-50(67-56(52)68-51-35(5)29-38(8)54(40(51)10)86(76,77)63-27-19-15-3)72(53-37(7)30-39(9)55(41(53)11)87(78,79)64-28-20-16-4)58-65-47-24-22-44(33-49(47)82-58)85(74,75)62-26-18-14-2/h21-24,29-33,61-64H,13-20,25-28H2,1-12H3,(H,67,68). The Hall–Kier alpha value is -6.33. The first-order valence-corrected chi connectivity index (χ1v) is 35.6. The van der Waals surface area contributed by atoms with Crippen LogP contribution in [0, 0.1) is 66.7 Å². The number of anilines is 5. The molecule has 0 atom stereocenters. The molecule has 0 fully saturated rings. The topological polar surface area (TPSA) is 289 Å². The second kappa shape index (κ2) is 28.9. The fraction of sp³-hybridized carbons (Fsp3) is 0.407. The van der Waals surface area contributed by atoms with Gasteiger partial charge in [-0.15, -0.1) is 19.6 Å². The summed E-state index contributed by atoms with van der Waals surface area (Å²) in [5, 5.41) is 29.3. The number of hydrogen-bond acceptors (Lipinski definition) is 21. The minimum absolute atomic E-state index is 0.0536. The van der Waals surface area contributed by atoms with E-state index in [0.717, 1.165) is 53.7 Å². The van der Waals surface area contributed by atoms with Crippen LogP contribution in [-0.2, 0) is 39.4 Å². The van der Waals surface area contributed by atoms with E-state index >= 15 is 0 Å². The van der Waals surface area contributed by atoms with Gasteiger partial charge in [0, 0.05) is 36.8 Å². The number of sulfonamides is 3. The molecule has 5 N–H and O–H groups in total. The number of hydrogen-bond donors (Lipinski definition) is 5. The van der Waals surface area contributed by atoms with Crippen LogP contribution in [0.5, 0.6) is 0 Å². The summed E-state index contributed by atoms with van der Waals surface area (Å²) in [6, 6.07) is 17.9. The van der Waals surface area contributed by atoms with E-state index in [-0.39, 0.29) is 63.0 Å². The van der Waals surface area contributed by atoms with Crippen LogP contribution >= 0.6 is 34.7 Å². The molecule has 0 aliphatic carbocycles. The van der Waals surface area contributed by atoms with Gasteiger partial charge in [0.25, 0.3) is 0 Å².